The highest BCUT2D eigenvalue weighted by Crippen LogP contribution is 2.22. The van der Waals surface area contributed by atoms with E-state index in [1.165, 1.54) is 13.8 Å². The summed E-state index contributed by atoms with van der Waals surface area (Å²) in [7, 11) is 0. The number of hydrogen-bond donors (Lipinski definition) is 33. The molecule has 0 bridgehead atoms. The molecule has 1 fully saturated rings. The zero-order valence-corrected chi connectivity index (χ0v) is 81.5. The first-order chi connectivity index (χ1) is 67.6. The van der Waals surface area contributed by atoms with Crippen LogP contribution in [0, 0.1) is 22.7 Å². The van der Waals surface area contributed by atoms with Crippen molar-refractivity contribution < 1.29 is 141 Å². The van der Waals surface area contributed by atoms with Gasteiger partial charge >= 0.3 is 23.9 Å². The number of aliphatic hydroxyl groups is 2. The van der Waals surface area contributed by atoms with E-state index in [-0.39, 0.29) is 103 Å². The zero-order chi connectivity index (χ0) is 109. The molecule has 0 saturated carbocycles. The molecule has 1 heterocycles. The van der Waals surface area contributed by atoms with Gasteiger partial charge in [-0.3, -0.25) is 116 Å². The molecule has 57 nitrogen and oxygen atoms in total. The van der Waals surface area contributed by atoms with Gasteiger partial charge in [0.05, 0.1) is 44.6 Å². The smallest absolute Gasteiger partial charge is 0.326 e. The second-order valence-electron chi connectivity index (χ2n) is 35.3. The fourth-order valence-electron chi connectivity index (χ4n) is 14.4. The summed E-state index contributed by atoms with van der Waals surface area (Å²) >= 11 is 0. The average Bonchev–Trinajstić information content (AvgIpc) is 1.67. The Hall–Kier alpha value is -14.6. The Kier molecular flexibility index (Phi) is 57.0. The number of guanidine groups is 2. The van der Waals surface area contributed by atoms with Gasteiger partial charge in [-0.05, 0) is 154 Å². The first-order valence-electron chi connectivity index (χ1n) is 46.9. The van der Waals surface area contributed by atoms with E-state index in [1.807, 2.05) is 0 Å². The Labute approximate surface area is 829 Å². The Morgan fingerprint density at radius 3 is 1.19 bits per heavy atom. The maximum atomic E-state index is 14.7. The first kappa shape index (κ1) is 125. The number of hydrogen-bond acceptors (Lipinski definition) is 30. The van der Waals surface area contributed by atoms with Crippen LogP contribution in [-0.2, 0) is 117 Å². The summed E-state index contributed by atoms with van der Waals surface area (Å²) in [6.45, 7) is 7.62. The molecule has 0 aliphatic carbocycles. The molecule has 806 valence electrons. The lowest BCUT2D eigenvalue weighted by molar-refractivity contribution is -0.146. The lowest BCUT2D eigenvalue weighted by Crippen LogP contribution is -2.62. The number of primary amides is 2. The second kappa shape index (κ2) is 65.5. The number of unbranched alkanes of at least 4 members (excludes halogenated alkanes) is 2. The van der Waals surface area contributed by atoms with Crippen LogP contribution in [0.15, 0.2) is 30.3 Å². The summed E-state index contributed by atoms with van der Waals surface area (Å²) in [5.41, 5.74) is 39.4. The van der Waals surface area contributed by atoms with Crippen LogP contribution in [0.3, 0.4) is 0 Å². The Balaban J connectivity index is 2.57. The van der Waals surface area contributed by atoms with Gasteiger partial charge in [0, 0.05) is 38.9 Å². The molecule has 0 aromatic heterocycles. The van der Waals surface area contributed by atoms with Crippen molar-refractivity contribution in [2.24, 2.45) is 52.0 Å². The SMILES string of the molecule is CC(C)C[C@H](NC(=O)[C@H](CCCNC(=N)N)NC(=O)[C@H](CC(N)=O)NC(=O)[C@H](CO)NC(=O)[C@H](CC(N)=O)NC(=O)[C@H](CCCNC(=N)N)NC(=O)[C@H](CC(C)C)NC(=O)[C@@H](NC(=O)[C@H](CCCCN)NC(=O)[C@H](Cc1ccccc1)NC(=O)[C@H](CCC(=O)O)NC(=O)CNC(=O)[C@H](CCC(=O)O)NC(=O)[C@H](C)N)[C@@H](C)O)C(=O)N[C@@H](CC(=O)O)C(=O)N1CCC[C@H]1C(=O)N[C@@H](C)C(=O)N[C@@H](CCCCN)C(=O)O. The number of carbonyl (C=O) groups is 23. The lowest BCUT2D eigenvalue weighted by Gasteiger charge is -2.30. The molecule has 0 spiro atoms. The van der Waals surface area contributed by atoms with E-state index in [0.29, 0.717) is 18.4 Å². The van der Waals surface area contributed by atoms with E-state index in [4.69, 9.17) is 51.0 Å². The van der Waals surface area contributed by atoms with Crippen molar-refractivity contribution in [3.63, 3.8) is 0 Å². The van der Waals surface area contributed by atoms with Gasteiger partial charge in [-0.25, -0.2) is 4.79 Å². The number of rotatable bonds is 70. The molecule has 1 saturated heterocycles. The molecule has 1 aromatic rings. The summed E-state index contributed by atoms with van der Waals surface area (Å²) in [4.78, 5) is 314. The molecule has 18 atom stereocenters. The Morgan fingerprint density at radius 1 is 0.396 bits per heavy atom. The monoisotopic (exact) mass is 2050 g/mol. The number of carboxylic acid groups (broad SMARTS) is 4. The number of aliphatic hydroxyl groups excluding tert-OH is 2. The minimum absolute atomic E-state index is 0.00495. The number of carboxylic acids is 4. The van der Waals surface area contributed by atoms with Crippen molar-refractivity contribution in [3.8, 4) is 0 Å². The van der Waals surface area contributed by atoms with E-state index in [2.05, 4.69) is 95.7 Å². The van der Waals surface area contributed by atoms with Crippen LogP contribution in [0.5, 0.6) is 0 Å². The van der Waals surface area contributed by atoms with Gasteiger partial charge in [0.25, 0.3) is 0 Å². The zero-order valence-electron chi connectivity index (χ0n) is 81.5. The molecule has 1 aliphatic heterocycles. The maximum Gasteiger partial charge on any atom is 0.326 e. The van der Waals surface area contributed by atoms with E-state index >= 15 is 0 Å². The van der Waals surface area contributed by atoms with Crippen LogP contribution in [-0.4, -0.2) is 338 Å². The average molecular weight is 2050 g/mol. The molecule has 144 heavy (non-hydrogen) atoms. The summed E-state index contributed by atoms with van der Waals surface area (Å²) in [5, 5.41) is 118. The number of benzene rings is 1. The van der Waals surface area contributed by atoms with Gasteiger partial charge in [0.1, 0.15) is 96.7 Å². The first-order valence-corrected chi connectivity index (χ1v) is 46.9. The van der Waals surface area contributed by atoms with Gasteiger partial charge < -0.3 is 171 Å². The number of nitrogens with one attached hydrogen (secondary N) is 20. The Morgan fingerprint density at radius 2 is 0.771 bits per heavy atom. The fraction of sp³-hybridized carbons (Fsp3) is 0.644. The summed E-state index contributed by atoms with van der Waals surface area (Å²) in [6.07, 6.45) is -8.32. The van der Waals surface area contributed by atoms with Gasteiger partial charge in [0.2, 0.25) is 112 Å². The topological polar surface area (TPSA) is 964 Å². The molecular weight excluding hydrogens is 1900 g/mol. The quantitative estimate of drug-likeness (QED) is 0.0164. The van der Waals surface area contributed by atoms with Crippen LogP contribution in [0.4, 0.5) is 0 Å². The van der Waals surface area contributed by atoms with E-state index in [1.54, 1.807) is 58.0 Å². The summed E-state index contributed by atoms with van der Waals surface area (Å²) in [5.74, 6) is -29.9. The molecule has 40 N–H and O–H groups in total. The molecule has 57 heteroatoms. The number of nitrogens with zero attached hydrogens (tertiary/aromatic N) is 1. The number of amides is 19. The third kappa shape index (κ3) is 48.7. The largest absolute Gasteiger partial charge is 0.481 e. The number of aliphatic carboxylic acids is 4. The van der Waals surface area contributed by atoms with Gasteiger partial charge in [-0.1, -0.05) is 58.0 Å². The third-order valence-electron chi connectivity index (χ3n) is 21.9. The normalized spacial score (nSPS) is 15.7. The Bertz CT molecular complexity index is 4590. The molecule has 0 unspecified atom stereocenters. The van der Waals surface area contributed by atoms with E-state index in [9.17, 15) is 141 Å². The van der Waals surface area contributed by atoms with Crippen molar-refractivity contribution in [2.75, 3.05) is 45.9 Å². The number of carbonyl (C=O) groups excluding carboxylic acids is 19. The maximum absolute atomic E-state index is 14.7. The van der Waals surface area contributed by atoms with Crippen molar-refractivity contribution in [3.05, 3.63) is 35.9 Å². The molecule has 2 rings (SSSR count). The fourth-order valence-corrected chi connectivity index (χ4v) is 14.4. The molecule has 0 radical (unpaired) electrons. The van der Waals surface area contributed by atoms with E-state index < -0.39 is 340 Å². The minimum atomic E-state index is -2.20. The van der Waals surface area contributed by atoms with E-state index in [0.717, 1.165) is 11.8 Å². The summed E-state index contributed by atoms with van der Waals surface area (Å²) in [6, 6.07) is -21.1. The van der Waals surface area contributed by atoms with Crippen LogP contribution in [0.1, 0.15) is 189 Å². The third-order valence-corrected chi connectivity index (χ3v) is 21.9. The highest BCUT2D eigenvalue weighted by atomic mass is 16.4. The molecular formula is C87H144N28O29. The van der Waals surface area contributed by atoms with Crippen LogP contribution < -0.4 is 136 Å². The van der Waals surface area contributed by atoms with Crippen molar-refractivity contribution >= 4 is 148 Å². The standard InChI is InChI=1S/C87H144N28O29/c1-42(2)34-54(77(135)112-59(39-67(125)126)84(142)115-33-17-24-61(115)82(140)100-45(6)70(128)106-53(85(143)144)21-12-14-30-89)107-72(130)49(22-15-31-97-86(93)94)105-79(137)57(37-62(91)118)110-81(139)60(41-116)113-80(138)58(38-63(92)119)109-73(131)50(23-16-32-98-87(95)96)104-76(134)55(35-43(3)4)111-83(141)68(46(7)117)114-75(133)48(20-11-13-29-88)103-78(136)56(36-47-18-9-8-10-19-47)108-74(132)52(26-28-66(123)124)101-64(120)40-99-71(129)51(25-27-65(121)122)102-69(127)44(5)90/h8-10,18-19,42-46,48-61,68,116-117H,11-17,20-41,88-90H2,1-7H3,(H2,91,118)(H2,92,119)(H,99,129)(H,100,140)(H,101,120)(H,102,127)(H,103,136)(H,104,134)(H,105,137)(H,106,128)(H,107,130)(H,108,132)(H,109,131)(H,110,139)(H,111,141)(H,112,135)(H,113,138)(H,114,133)(H,121,122)(H,123,124)(H,125,126)(H,143,144)(H4,93,94,97)(H4,95,96,98)/t44-,45-,46+,48-,49-,50-,51-,52-,53-,54-,55-,56-,57-,58-,59-,60-,61-,68-/m0/s1. The summed E-state index contributed by atoms with van der Waals surface area (Å²) < 4.78 is 0. The van der Waals surface area contributed by atoms with Crippen LogP contribution in [0.25, 0.3) is 0 Å². The van der Waals surface area contributed by atoms with Gasteiger partial charge in [-0.15, -0.1) is 0 Å². The predicted molar refractivity (Wildman–Crippen MR) is 509 cm³/mol. The highest BCUT2D eigenvalue weighted by molar-refractivity contribution is 6.03. The van der Waals surface area contributed by atoms with Crippen molar-refractivity contribution in [1.29, 1.82) is 10.8 Å². The molecule has 1 aromatic carbocycles. The van der Waals surface area contributed by atoms with Crippen molar-refractivity contribution in [2.45, 2.75) is 299 Å². The highest BCUT2D eigenvalue weighted by Gasteiger charge is 2.44. The molecule has 19 amide bonds. The van der Waals surface area contributed by atoms with Crippen LogP contribution >= 0.6 is 0 Å². The predicted octanol–water partition coefficient (Wildman–Crippen LogP) is -11.7. The lowest BCUT2D eigenvalue weighted by atomic mass is 10.0. The van der Waals surface area contributed by atoms with Crippen molar-refractivity contribution in [1.82, 2.24) is 101 Å². The molecule has 1 aliphatic rings. The minimum Gasteiger partial charge on any atom is -0.481 e. The van der Waals surface area contributed by atoms with Crippen LogP contribution in [0.2, 0.25) is 0 Å². The van der Waals surface area contributed by atoms with Gasteiger partial charge in [-0.2, -0.15) is 0 Å². The number of likely N-dealkylation sites (tertiary alicyclic amines) is 1. The number of nitrogens with two attached hydrogens (primary N) is 7. The van der Waals surface area contributed by atoms with Gasteiger partial charge in [0.15, 0.2) is 11.9 Å². The second-order valence-corrected chi connectivity index (χ2v) is 35.3.